The van der Waals surface area contributed by atoms with Crippen molar-refractivity contribution in [3.63, 3.8) is 0 Å². The van der Waals surface area contributed by atoms with E-state index in [9.17, 15) is 9.59 Å². The topological polar surface area (TPSA) is 123 Å². The quantitative estimate of drug-likeness (QED) is 0.279. The summed E-state index contributed by atoms with van der Waals surface area (Å²) in [5.74, 6) is -0.192. The number of nitrogens with one attached hydrogen (secondary N) is 1. The summed E-state index contributed by atoms with van der Waals surface area (Å²) in [6.45, 7) is 10.8. The number of aryl methyl sites for hydroxylation is 1. The number of nitrogens with zero attached hydrogens (tertiary/aromatic N) is 3. The number of nitrogens with two attached hydrogens (primary N) is 1. The lowest BCUT2D eigenvalue weighted by atomic mass is 9.69. The van der Waals surface area contributed by atoms with E-state index in [1.807, 2.05) is 69.5 Å². The van der Waals surface area contributed by atoms with E-state index in [1.54, 1.807) is 20.8 Å². The van der Waals surface area contributed by atoms with E-state index in [0.717, 1.165) is 30.5 Å². The number of para-hydroxylation sites is 2. The van der Waals surface area contributed by atoms with E-state index < -0.39 is 40.9 Å². The second-order valence-corrected chi connectivity index (χ2v) is 13.5. The van der Waals surface area contributed by atoms with Crippen LogP contribution in [0.1, 0.15) is 96.3 Å². The zero-order valence-electron chi connectivity index (χ0n) is 25.5. The van der Waals surface area contributed by atoms with Gasteiger partial charge in [-0.05, 0) is 97.4 Å². The Balaban J connectivity index is 1.55. The fraction of sp³-hybridized carbons (Fsp3) is 0.515. The maximum atomic E-state index is 14.0. The standard InChI is InChI=1S/C33H43N5O4/c1-31(2,3)41-29(39)27(28-36-24-14-7-8-15-25(24)37-28)38(30(40)42-32(4,5)6)22-16-18-33(34,19-17-22)23-13-9-11-21-12-10-20-35-26(21)23/h7-8,10,12,14-16,18,20,22-23,27H,9,11,13,17,19,34H2,1-6H3,(H,36,37)/t22-,23?,27?,33+/m1/s1. The predicted molar refractivity (Wildman–Crippen MR) is 162 cm³/mol. The molecule has 0 aliphatic heterocycles. The number of carbonyl (C=O) groups excluding carboxylic acids is 2. The minimum absolute atomic E-state index is 0.0756. The molecule has 0 spiro atoms. The highest BCUT2D eigenvalue weighted by molar-refractivity contribution is 5.84. The Morgan fingerprint density at radius 1 is 1.05 bits per heavy atom. The summed E-state index contributed by atoms with van der Waals surface area (Å²) in [7, 11) is 0. The highest BCUT2D eigenvalue weighted by Gasteiger charge is 2.46. The van der Waals surface area contributed by atoms with Gasteiger partial charge in [-0.15, -0.1) is 0 Å². The van der Waals surface area contributed by atoms with Crippen LogP contribution < -0.4 is 5.73 Å². The van der Waals surface area contributed by atoms with E-state index in [1.165, 1.54) is 10.5 Å². The highest BCUT2D eigenvalue weighted by atomic mass is 16.6. The number of hydrogen-bond donors (Lipinski definition) is 2. The van der Waals surface area contributed by atoms with Crippen LogP contribution in [0.25, 0.3) is 11.0 Å². The molecule has 0 saturated heterocycles. The Hall–Kier alpha value is -3.72. The fourth-order valence-corrected chi connectivity index (χ4v) is 6.09. The van der Waals surface area contributed by atoms with Crippen LogP contribution in [0.4, 0.5) is 4.79 Å². The van der Waals surface area contributed by atoms with Crippen LogP contribution in [-0.2, 0) is 20.7 Å². The number of carbonyl (C=O) groups is 2. The average molecular weight is 574 g/mol. The molecule has 1 aromatic carbocycles. The van der Waals surface area contributed by atoms with Gasteiger partial charge in [0.15, 0.2) is 6.04 Å². The summed E-state index contributed by atoms with van der Waals surface area (Å²) in [5.41, 5.74) is 8.67. The smallest absolute Gasteiger partial charge is 0.411 e. The lowest BCUT2D eigenvalue weighted by molar-refractivity contribution is -0.162. The molecule has 0 saturated carbocycles. The van der Waals surface area contributed by atoms with Crippen LogP contribution in [0.3, 0.4) is 0 Å². The molecule has 2 aliphatic carbocycles. The van der Waals surface area contributed by atoms with Crippen LogP contribution in [0.15, 0.2) is 54.7 Å². The number of H-pyrrole nitrogens is 1. The molecule has 0 radical (unpaired) electrons. The van der Waals surface area contributed by atoms with Gasteiger partial charge in [0.1, 0.15) is 17.0 Å². The first-order valence-electron chi connectivity index (χ1n) is 14.8. The van der Waals surface area contributed by atoms with Crippen LogP contribution in [0.2, 0.25) is 0 Å². The number of ether oxygens (including phenoxy) is 2. The van der Waals surface area contributed by atoms with Crippen molar-refractivity contribution < 1.29 is 19.1 Å². The molecule has 42 heavy (non-hydrogen) atoms. The number of aromatic nitrogens is 3. The molecule has 3 N–H and O–H groups in total. The lowest BCUT2D eigenvalue weighted by Crippen LogP contribution is -2.53. The molecule has 2 aromatic heterocycles. The summed E-state index contributed by atoms with van der Waals surface area (Å²) in [6.07, 6.45) is 9.31. The summed E-state index contributed by atoms with van der Waals surface area (Å²) in [5, 5.41) is 0. The fourth-order valence-electron chi connectivity index (χ4n) is 6.09. The van der Waals surface area contributed by atoms with Gasteiger partial charge < -0.3 is 20.2 Å². The summed E-state index contributed by atoms with van der Waals surface area (Å²) in [4.78, 5) is 42.1. The summed E-state index contributed by atoms with van der Waals surface area (Å²) < 4.78 is 11.8. The number of imidazole rings is 1. The van der Waals surface area contributed by atoms with E-state index in [0.29, 0.717) is 24.2 Å². The third-order valence-corrected chi connectivity index (χ3v) is 7.88. The maximum Gasteiger partial charge on any atom is 0.411 e. The van der Waals surface area contributed by atoms with Crippen molar-refractivity contribution in [2.75, 3.05) is 0 Å². The van der Waals surface area contributed by atoms with Crippen molar-refractivity contribution in [2.45, 2.75) is 108 Å². The third-order valence-electron chi connectivity index (χ3n) is 7.88. The molecule has 9 heteroatoms. The molecule has 3 aromatic rings. The lowest BCUT2D eigenvalue weighted by Gasteiger charge is -2.44. The van der Waals surface area contributed by atoms with Crippen molar-refractivity contribution in [3.8, 4) is 0 Å². The Bertz CT molecular complexity index is 1450. The van der Waals surface area contributed by atoms with Gasteiger partial charge in [-0.3, -0.25) is 9.88 Å². The van der Waals surface area contributed by atoms with Gasteiger partial charge in [0.05, 0.1) is 17.1 Å². The van der Waals surface area contributed by atoms with Crippen molar-refractivity contribution in [1.29, 1.82) is 0 Å². The van der Waals surface area contributed by atoms with Gasteiger partial charge in [0.2, 0.25) is 0 Å². The molecule has 2 unspecified atom stereocenters. The van der Waals surface area contributed by atoms with Crippen LogP contribution in [0, 0.1) is 0 Å². The predicted octanol–water partition coefficient (Wildman–Crippen LogP) is 6.11. The van der Waals surface area contributed by atoms with Gasteiger partial charge in [-0.25, -0.2) is 14.6 Å². The molecular formula is C33H43N5O4. The minimum Gasteiger partial charge on any atom is -0.458 e. The number of hydrogen-bond acceptors (Lipinski definition) is 7. The van der Waals surface area contributed by atoms with E-state index >= 15 is 0 Å². The van der Waals surface area contributed by atoms with Crippen LogP contribution in [-0.4, -0.2) is 54.7 Å². The minimum atomic E-state index is -1.16. The molecular weight excluding hydrogens is 530 g/mol. The molecule has 0 fully saturated rings. The molecule has 2 aliphatic rings. The third kappa shape index (κ3) is 6.36. The monoisotopic (exact) mass is 573 g/mol. The van der Waals surface area contributed by atoms with Gasteiger partial charge in [0.25, 0.3) is 0 Å². The molecule has 0 bridgehead atoms. The Morgan fingerprint density at radius 3 is 2.45 bits per heavy atom. The summed E-state index contributed by atoms with van der Waals surface area (Å²) >= 11 is 0. The largest absolute Gasteiger partial charge is 0.458 e. The first-order valence-corrected chi connectivity index (χ1v) is 14.8. The Labute approximate surface area is 247 Å². The second-order valence-electron chi connectivity index (χ2n) is 13.5. The van der Waals surface area contributed by atoms with Crippen LogP contribution >= 0.6 is 0 Å². The first-order chi connectivity index (χ1) is 19.7. The maximum absolute atomic E-state index is 14.0. The van der Waals surface area contributed by atoms with E-state index in [-0.39, 0.29) is 5.92 Å². The number of benzene rings is 1. The molecule has 2 heterocycles. The number of fused-ring (bicyclic) bond motifs is 2. The zero-order chi connectivity index (χ0) is 30.3. The van der Waals surface area contributed by atoms with Gasteiger partial charge in [0, 0.05) is 23.3 Å². The molecule has 224 valence electrons. The molecule has 5 rings (SSSR count). The number of amides is 1. The van der Waals surface area contributed by atoms with E-state index in [2.05, 4.69) is 11.1 Å². The molecule has 4 atom stereocenters. The van der Waals surface area contributed by atoms with Crippen molar-refractivity contribution in [1.82, 2.24) is 19.9 Å². The number of aromatic amines is 1. The zero-order valence-corrected chi connectivity index (χ0v) is 25.5. The van der Waals surface area contributed by atoms with E-state index in [4.69, 9.17) is 25.2 Å². The molecule has 9 nitrogen and oxygen atoms in total. The van der Waals surface area contributed by atoms with Crippen molar-refractivity contribution >= 4 is 23.1 Å². The van der Waals surface area contributed by atoms with Crippen LogP contribution in [0.5, 0.6) is 0 Å². The Morgan fingerprint density at radius 2 is 1.79 bits per heavy atom. The highest BCUT2D eigenvalue weighted by Crippen LogP contribution is 2.43. The average Bonchev–Trinajstić information content (AvgIpc) is 3.33. The molecule has 1 amide bonds. The van der Waals surface area contributed by atoms with Crippen molar-refractivity contribution in [3.05, 3.63) is 71.8 Å². The number of esters is 1. The Kier molecular flexibility index (Phi) is 7.91. The first kappa shape index (κ1) is 29.8. The second kappa shape index (κ2) is 11.2. The summed E-state index contributed by atoms with van der Waals surface area (Å²) in [6, 6.07) is 9.98. The van der Waals surface area contributed by atoms with Crippen molar-refractivity contribution in [2.24, 2.45) is 5.73 Å². The normalized spacial score (nSPS) is 23.2. The SMILES string of the molecule is CC(C)(C)OC(=O)C(c1nc2ccccc2[nH]1)N(C(=O)OC(C)(C)C)[C@@H]1C=C[C@@](N)(C2CCCc3cccnc32)CC1. The van der Waals surface area contributed by atoms with Gasteiger partial charge >= 0.3 is 12.1 Å². The number of rotatable bonds is 5. The van der Waals surface area contributed by atoms with Gasteiger partial charge in [-0.1, -0.05) is 30.4 Å². The van der Waals surface area contributed by atoms with Gasteiger partial charge in [-0.2, -0.15) is 0 Å². The number of pyridine rings is 1.